The summed E-state index contributed by atoms with van der Waals surface area (Å²) < 4.78 is 4.99. The second-order valence-corrected chi connectivity index (χ2v) is 3.20. The van der Waals surface area contributed by atoms with Crippen LogP contribution in [0.3, 0.4) is 0 Å². The first-order chi connectivity index (χ1) is 6.18. The molecule has 1 aliphatic rings. The maximum Gasteiger partial charge on any atom is 0.249 e. The molecule has 0 unspecified atom stereocenters. The highest BCUT2D eigenvalue weighted by molar-refractivity contribution is 5.74. The van der Waals surface area contributed by atoms with Crippen molar-refractivity contribution < 1.29 is 9.32 Å². The van der Waals surface area contributed by atoms with Crippen molar-refractivity contribution in [1.82, 2.24) is 15.0 Å². The van der Waals surface area contributed by atoms with E-state index in [1.807, 2.05) is 0 Å². The Morgan fingerprint density at radius 1 is 1.69 bits per heavy atom. The molecule has 1 aromatic heterocycles. The van der Waals surface area contributed by atoms with Crippen LogP contribution in [0.1, 0.15) is 31.1 Å². The number of aryl methyl sites for hydroxylation is 1. The zero-order valence-corrected chi connectivity index (χ0v) is 7.65. The number of amides is 1. The van der Waals surface area contributed by atoms with Crippen LogP contribution in [0, 0.1) is 6.92 Å². The Labute approximate surface area is 75.7 Å². The van der Waals surface area contributed by atoms with Gasteiger partial charge in [-0.15, -0.1) is 0 Å². The van der Waals surface area contributed by atoms with Gasteiger partial charge in [0.1, 0.15) is 6.04 Å². The van der Waals surface area contributed by atoms with Crippen LogP contribution in [-0.4, -0.2) is 27.5 Å². The van der Waals surface area contributed by atoms with Crippen LogP contribution in [0.2, 0.25) is 0 Å². The van der Waals surface area contributed by atoms with E-state index in [9.17, 15) is 4.79 Å². The summed E-state index contributed by atoms with van der Waals surface area (Å²) in [7, 11) is 0. The van der Waals surface area contributed by atoms with Crippen LogP contribution < -0.4 is 0 Å². The first kappa shape index (κ1) is 8.22. The number of aromatic nitrogens is 2. The molecule has 1 aromatic rings. The highest BCUT2D eigenvalue weighted by Gasteiger charge is 2.35. The van der Waals surface area contributed by atoms with Crippen molar-refractivity contribution in [3.05, 3.63) is 11.7 Å². The molecule has 1 atom stereocenters. The normalized spacial score (nSPS) is 21.4. The molecule has 13 heavy (non-hydrogen) atoms. The Bertz CT molecular complexity index is 334. The average Bonchev–Trinajstić information content (AvgIpc) is 2.32. The quantitative estimate of drug-likeness (QED) is 0.639. The zero-order valence-electron chi connectivity index (χ0n) is 7.65. The van der Waals surface area contributed by atoms with E-state index in [2.05, 4.69) is 10.1 Å². The third-order valence-electron chi connectivity index (χ3n) is 2.25. The lowest BCUT2D eigenvalue weighted by molar-refractivity contribution is -0.137. The molecule has 2 rings (SSSR count). The van der Waals surface area contributed by atoms with Crippen molar-refractivity contribution >= 4 is 5.91 Å². The van der Waals surface area contributed by atoms with E-state index >= 15 is 0 Å². The molecule has 2 heterocycles. The van der Waals surface area contributed by atoms with Gasteiger partial charge in [0.05, 0.1) is 0 Å². The van der Waals surface area contributed by atoms with Crippen molar-refractivity contribution in [2.45, 2.75) is 26.3 Å². The molecule has 1 amide bonds. The van der Waals surface area contributed by atoms with E-state index in [0.717, 1.165) is 13.0 Å². The van der Waals surface area contributed by atoms with E-state index in [-0.39, 0.29) is 11.9 Å². The van der Waals surface area contributed by atoms with Crippen LogP contribution >= 0.6 is 0 Å². The average molecular weight is 181 g/mol. The summed E-state index contributed by atoms with van der Waals surface area (Å²) in [5.41, 5.74) is 0. The molecule has 0 radical (unpaired) electrons. The third-order valence-corrected chi connectivity index (χ3v) is 2.25. The number of rotatable bonds is 1. The number of carbonyl (C=O) groups is 1. The maximum atomic E-state index is 11.1. The number of hydrogen-bond donors (Lipinski definition) is 0. The SMILES string of the molecule is CC(=O)N1CC[C@H]1c1nc(C)no1. The van der Waals surface area contributed by atoms with Gasteiger partial charge in [-0.1, -0.05) is 5.16 Å². The standard InChI is InChI=1S/C8H11N3O2/c1-5-9-8(13-10-5)7-3-4-11(7)6(2)12/h7H,3-4H2,1-2H3/t7-/m0/s1. The van der Waals surface area contributed by atoms with Gasteiger partial charge in [-0.05, 0) is 13.3 Å². The Balaban J connectivity index is 2.14. The summed E-state index contributed by atoms with van der Waals surface area (Å²) in [6, 6.07) is 0.0127. The molecule has 1 fully saturated rings. The van der Waals surface area contributed by atoms with Crippen LogP contribution in [0.5, 0.6) is 0 Å². The van der Waals surface area contributed by atoms with Gasteiger partial charge in [0.2, 0.25) is 11.8 Å². The third kappa shape index (κ3) is 1.30. The fraction of sp³-hybridized carbons (Fsp3) is 0.625. The topological polar surface area (TPSA) is 59.2 Å². The van der Waals surface area contributed by atoms with Crippen LogP contribution in [0.15, 0.2) is 4.52 Å². The Morgan fingerprint density at radius 3 is 2.85 bits per heavy atom. The van der Waals surface area contributed by atoms with Gasteiger partial charge in [-0.25, -0.2) is 0 Å². The molecular formula is C8H11N3O2. The largest absolute Gasteiger partial charge is 0.337 e. The van der Waals surface area contributed by atoms with E-state index < -0.39 is 0 Å². The number of likely N-dealkylation sites (tertiary alicyclic amines) is 1. The van der Waals surface area contributed by atoms with Crippen molar-refractivity contribution in [3.63, 3.8) is 0 Å². The van der Waals surface area contributed by atoms with E-state index in [0.29, 0.717) is 11.7 Å². The van der Waals surface area contributed by atoms with E-state index in [1.54, 1.807) is 18.7 Å². The van der Waals surface area contributed by atoms with Crippen LogP contribution in [0.4, 0.5) is 0 Å². The fourth-order valence-electron chi connectivity index (χ4n) is 1.47. The van der Waals surface area contributed by atoms with Gasteiger partial charge in [0.25, 0.3) is 0 Å². The second kappa shape index (κ2) is 2.83. The lowest BCUT2D eigenvalue weighted by Gasteiger charge is -2.37. The minimum Gasteiger partial charge on any atom is -0.337 e. The first-order valence-corrected chi connectivity index (χ1v) is 4.26. The minimum absolute atomic E-state index is 0.0127. The summed E-state index contributed by atoms with van der Waals surface area (Å²) in [6.07, 6.45) is 0.918. The highest BCUT2D eigenvalue weighted by Crippen LogP contribution is 2.31. The smallest absolute Gasteiger partial charge is 0.249 e. The summed E-state index contributed by atoms with van der Waals surface area (Å²) >= 11 is 0. The molecule has 0 spiro atoms. The summed E-state index contributed by atoms with van der Waals surface area (Å²) in [6.45, 7) is 4.11. The van der Waals surface area contributed by atoms with Crippen molar-refractivity contribution in [2.24, 2.45) is 0 Å². The minimum atomic E-state index is 0.0127. The summed E-state index contributed by atoms with van der Waals surface area (Å²) in [4.78, 5) is 16.9. The molecule has 1 aliphatic heterocycles. The summed E-state index contributed by atoms with van der Waals surface area (Å²) in [5.74, 6) is 1.23. The first-order valence-electron chi connectivity index (χ1n) is 4.26. The van der Waals surface area contributed by atoms with Gasteiger partial charge in [-0.2, -0.15) is 4.98 Å². The van der Waals surface area contributed by atoms with Crippen molar-refractivity contribution in [1.29, 1.82) is 0 Å². The Morgan fingerprint density at radius 2 is 2.46 bits per heavy atom. The van der Waals surface area contributed by atoms with Crippen LogP contribution in [-0.2, 0) is 4.79 Å². The van der Waals surface area contributed by atoms with E-state index in [4.69, 9.17) is 4.52 Å². The molecule has 5 heteroatoms. The number of nitrogens with zero attached hydrogens (tertiary/aromatic N) is 3. The van der Waals surface area contributed by atoms with Crippen molar-refractivity contribution in [2.75, 3.05) is 6.54 Å². The lowest BCUT2D eigenvalue weighted by Crippen LogP contribution is -2.44. The monoisotopic (exact) mass is 181 g/mol. The van der Waals surface area contributed by atoms with Gasteiger partial charge in [-0.3, -0.25) is 4.79 Å². The van der Waals surface area contributed by atoms with Gasteiger partial charge in [0, 0.05) is 13.5 Å². The molecule has 0 saturated carbocycles. The molecule has 70 valence electrons. The van der Waals surface area contributed by atoms with Crippen molar-refractivity contribution in [3.8, 4) is 0 Å². The highest BCUT2D eigenvalue weighted by atomic mass is 16.5. The molecular weight excluding hydrogens is 170 g/mol. The van der Waals surface area contributed by atoms with Gasteiger partial charge >= 0.3 is 0 Å². The van der Waals surface area contributed by atoms with E-state index in [1.165, 1.54) is 0 Å². The molecule has 0 aliphatic carbocycles. The molecule has 1 saturated heterocycles. The summed E-state index contributed by atoms with van der Waals surface area (Å²) in [5, 5.41) is 3.69. The van der Waals surface area contributed by atoms with Gasteiger partial charge < -0.3 is 9.42 Å². The zero-order chi connectivity index (χ0) is 9.42. The second-order valence-electron chi connectivity index (χ2n) is 3.20. The molecule has 5 nitrogen and oxygen atoms in total. The predicted molar refractivity (Wildman–Crippen MR) is 43.8 cm³/mol. The van der Waals surface area contributed by atoms with Crippen LogP contribution in [0.25, 0.3) is 0 Å². The predicted octanol–water partition coefficient (Wildman–Crippen LogP) is 0.671. The maximum absolute atomic E-state index is 11.1. The molecule has 0 bridgehead atoms. The Hall–Kier alpha value is -1.39. The lowest BCUT2D eigenvalue weighted by atomic mass is 10.0. The number of carbonyl (C=O) groups excluding carboxylic acids is 1. The van der Waals surface area contributed by atoms with Gasteiger partial charge in [0.15, 0.2) is 5.82 Å². The number of hydrogen-bond acceptors (Lipinski definition) is 4. The Kier molecular flexibility index (Phi) is 1.79. The molecule has 0 aromatic carbocycles. The fourth-order valence-corrected chi connectivity index (χ4v) is 1.47. The molecule has 0 N–H and O–H groups in total.